The standard InChI is InChI=1S/C25H25N3O4/c1-2-17-14-19(4-6-21(17)25(31)32)18-9-11-28(12-10-18)23(30)8-3-16-13-20-5-7-22(29)27-24(20)26-15-16/h3-4,6,8-9,13-15H,2,5,7,10-12H2,1H3,(H,31,32)(H,26,27,29)/b8-3+. The van der Waals surface area contributed by atoms with Crippen molar-refractivity contribution in [3.05, 3.63) is 70.4 Å². The molecule has 7 nitrogen and oxygen atoms in total. The number of carboxylic acids is 1. The Morgan fingerprint density at radius 1 is 1.22 bits per heavy atom. The second kappa shape index (κ2) is 9.18. The molecule has 0 spiro atoms. The Morgan fingerprint density at radius 2 is 2.06 bits per heavy atom. The summed E-state index contributed by atoms with van der Waals surface area (Å²) in [6.07, 6.45) is 9.46. The quantitative estimate of drug-likeness (QED) is 0.706. The molecule has 1 aromatic carbocycles. The number of aromatic nitrogens is 1. The molecule has 2 aliphatic heterocycles. The third-order valence-corrected chi connectivity index (χ3v) is 5.89. The number of carbonyl (C=O) groups excluding carboxylic acids is 2. The van der Waals surface area contributed by atoms with Gasteiger partial charge in [-0.25, -0.2) is 9.78 Å². The maximum absolute atomic E-state index is 12.6. The number of benzene rings is 1. The number of hydrogen-bond donors (Lipinski definition) is 2. The number of nitrogens with zero attached hydrogens (tertiary/aromatic N) is 2. The zero-order valence-electron chi connectivity index (χ0n) is 17.9. The summed E-state index contributed by atoms with van der Waals surface area (Å²) in [4.78, 5) is 41.5. The van der Waals surface area contributed by atoms with Crippen LogP contribution in [0, 0.1) is 0 Å². The average molecular weight is 431 g/mol. The van der Waals surface area contributed by atoms with Crippen molar-refractivity contribution in [2.24, 2.45) is 0 Å². The summed E-state index contributed by atoms with van der Waals surface area (Å²) in [5, 5.41) is 12.1. The zero-order valence-corrected chi connectivity index (χ0v) is 17.9. The van der Waals surface area contributed by atoms with Crippen molar-refractivity contribution in [2.45, 2.75) is 32.6 Å². The van der Waals surface area contributed by atoms with Crippen LogP contribution in [0.3, 0.4) is 0 Å². The molecule has 0 fully saturated rings. The van der Waals surface area contributed by atoms with Crippen LogP contribution in [0.4, 0.5) is 5.82 Å². The number of rotatable bonds is 5. The number of fused-ring (bicyclic) bond motifs is 1. The van der Waals surface area contributed by atoms with E-state index < -0.39 is 5.97 Å². The Bertz CT molecular complexity index is 1150. The van der Waals surface area contributed by atoms with Gasteiger partial charge in [-0.15, -0.1) is 0 Å². The smallest absolute Gasteiger partial charge is 0.335 e. The van der Waals surface area contributed by atoms with Gasteiger partial charge in [0.05, 0.1) is 5.56 Å². The molecular weight excluding hydrogens is 406 g/mol. The molecule has 164 valence electrons. The van der Waals surface area contributed by atoms with E-state index in [0.717, 1.165) is 34.2 Å². The minimum absolute atomic E-state index is 0.0234. The molecule has 0 aliphatic carbocycles. The topological polar surface area (TPSA) is 99.6 Å². The van der Waals surface area contributed by atoms with Crippen molar-refractivity contribution in [3.8, 4) is 0 Å². The van der Waals surface area contributed by atoms with Crippen molar-refractivity contribution in [1.29, 1.82) is 0 Å². The minimum atomic E-state index is -0.909. The number of amides is 2. The lowest BCUT2D eigenvalue weighted by atomic mass is 9.94. The van der Waals surface area contributed by atoms with Crippen LogP contribution in [0.1, 0.15) is 52.4 Å². The highest BCUT2D eigenvalue weighted by Gasteiger charge is 2.18. The van der Waals surface area contributed by atoms with Gasteiger partial charge in [-0.1, -0.05) is 25.1 Å². The Kier molecular flexibility index (Phi) is 6.16. The van der Waals surface area contributed by atoms with E-state index in [-0.39, 0.29) is 11.8 Å². The van der Waals surface area contributed by atoms with Gasteiger partial charge in [0.15, 0.2) is 0 Å². The summed E-state index contributed by atoms with van der Waals surface area (Å²) in [5.74, 6) is -0.402. The third kappa shape index (κ3) is 4.61. The van der Waals surface area contributed by atoms with Gasteiger partial charge in [0, 0.05) is 31.8 Å². The van der Waals surface area contributed by atoms with Gasteiger partial charge in [-0.05, 0) is 65.3 Å². The van der Waals surface area contributed by atoms with Crippen LogP contribution in [0.25, 0.3) is 11.6 Å². The maximum atomic E-state index is 12.6. The van der Waals surface area contributed by atoms with Crippen LogP contribution in [-0.2, 0) is 22.4 Å². The largest absolute Gasteiger partial charge is 0.478 e. The van der Waals surface area contributed by atoms with E-state index in [1.807, 2.05) is 31.2 Å². The SMILES string of the molecule is CCc1cc(C2=CCN(C(=O)/C=C/c3cnc4c(c3)CCC(=O)N4)CC2)ccc1C(=O)O. The van der Waals surface area contributed by atoms with E-state index in [2.05, 4.69) is 10.3 Å². The molecule has 2 N–H and O–H groups in total. The molecule has 0 saturated heterocycles. The fraction of sp³-hybridized carbons (Fsp3) is 0.280. The lowest BCUT2D eigenvalue weighted by Gasteiger charge is -2.26. The van der Waals surface area contributed by atoms with E-state index >= 15 is 0 Å². The molecule has 2 aliphatic rings. The highest BCUT2D eigenvalue weighted by atomic mass is 16.4. The minimum Gasteiger partial charge on any atom is -0.478 e. The second-order valence-corrected chi connectivity index (χ2v) is 7.95. The van der Waals surface area contributed by atoms with Crippen LogP contribution in [0.2, 0.25) is 0 Å². The molecular formula is C25H25N3O4. The van der Waals surface area contributed by atoms with Gasteiger partial charge in [-0.2, -0.15) is 0 Å². The van der Waals surface area contributed by atoms with Crippen molar-refractivity contribution in [2.75, 3.05) is 18.4 Å². The second-order valence-electron chi connectivity index (χ2n) is 7.95. The Hall–Kier alpha value is -3.74. The first-order valence-corrected chi connectivity index (χ1v) is 10.8. The number of carbonyl (C=O) groups is 3. The van der Waals surface area contributed by atoms with E-state index in [1.165, 1.54) is 0 Å². The lowest BCUT2D eigenvalue weighted by Crippen LogP contribution is -2.33. The van der Waals surface area contributed by atoms with Crippen molar-refractivity contribution in [3.63, 3.8) is 0 Å². The summed E-state index contributed by atoms with van der Waals surface area (Å²) in [5.41, 5.74) is 5.11. The summed E-state index contributed by atoms with van der Waals surface area (Å²) < 4.78 is 0. The van der Waals surface area contributed by atoms with Gasteiger partial charge < -0.3 is 15.3 Å². The Labute approximate surface area is 186 Å². The molecule has 2 amide bonds. The van der Waals surface area contributed by atoms with E-state index in [4.69, 9.17) is 0 Å². The molecule has 32 heavy (non-hydrogen) atoms. The number of aromatic carboxylic acids is 1. The van der Waals surface area contributed by atoms with Crippen LogP contribution in [0.15, 0.2) is 42.6 Å². The number of aryl methyl sites for hydroxylation is 2. The number of pyridine rings is 1. The van der Waals surface area contributed by atoms with Gasteiger partial charge in [0.2, 0.25) is 11.8 Å². The maximum Gasteiger partial charge on any atom is 0.335 e. The van der Waals surface area contributed by atoms with E-state index in [0.29, 0.717) is 43.7 Å². The molecule has 4 rings (SSSR count). The molecule has 1 aromatic heterocycles. The normalized spacial score (nSPS) is 15.8. The molecule has 0 radical (unpaired) electrons. The Morgan fingerprint density at radius 3 is 2.78 bits per heavy atom. The predicted molar refractivity (Wildman–Crippen MR) is 122 cm³/mol. The molecule has 0 bridgehead atoms. The van der Waals surface area contributed by atoms with Crippen molar-refractivity contribution >= 4 is 35.3 Å². The van der Waals surface area contributed by atoms with Crippen LogP contribution in [0.5, 0.6) is 0 Å². The molecule has 0 unspecified atom stereocenters. The summed E-state index contributed by atoms with van der Waals surface area (Å²) in [6.45, 7) is 3.06. The highest BCUT2D eigenvalue weighted by Crippen LogP contribution is 2.26. The molecule has 7 heteroatoms. The van der Waals surface area contributed by atoms with Gasteiger partial charge in [0.1, 0.15) is 5.82 Å². The number of anilines is 1. The number of hydrogen-bond acceptors (Lipinski definition) is 4. The fourth-order valence-electron chi connectivity index (χ4n) is 4.06. The predicted octanol–water partition coefficient (Wildman–Crippen LogP) is 3.56. The third-order valence-electron chi connectivity index (χ3n) is 5.89. The fourth-order valence-corrected chi connectivity index (χ4v) is 4.06. The first kappa shape index (κ1) is 21.5. The summed E-state index contributed by atoms with van der Waals surface area (Å²) in [6, 6.07) is 7.40. The zero-order chi connectivity index (χ0) is 22.7. The van der Waals surface area contributed by atoms with Crippen LogP contribution >= 0.6 is 0 Å². The summed E-state index contributed by atoms with van der Waals surface area (Å²) in [7, 11) is 0. The molecule has 2 aromatic rings. The molecule has 0 atom stereocenters. The van der Waals surface area contributed by atoms with Gasteiger partial charge >= 0.3 is 5.97 Å². The van der Waals surface area contributed by atoms with Crippen LogP contribution < -0.4 is 5.32 Å². The molecule has 0 saturated carbocycles. The van der Waals surface area contributed by atoms with E-state index in [9.17, 15) is 19.5 Å². The van der Waals surface area contributed by atoms with Gasteiger partial charge in [0.25, 0.3) is 0 Å². The average Bonchev–Trinajstić information content (AvgIpc) is 2.82. The first-order valence-electron chi connectivity index (χ1n) is 10.8. The van der Waals surface area contributed by atoms with Crippen molar-refractivity contribution < 1.29 is 19.5 Å². The van der Waals surface area contributed by atoms with Gasteiger partial charge in [-0.3, -0.25) is 9.59 Å². The van der Waals surface area contributed by atoms with Crippen LogP contribution in [-0.4, -0.2) is 45.9 Å². The van der Waals surface area contributed by atoms with E-state index in [1.54, 1.807) is 29.3 Å². The molecule has 3 heterocycles. The first-order chi connectivity index (χ1) is 15.4. The summed E-state index contributed by atoms with van der Waals surface area (Å²) >= 11 is 0. The number of nitrogens with one attached hydrogen (secondary N) is 1. The lowest BCUT2D eigenvalue weighted by molar-refractivity contribution is -0.125. The number of carboxylic acid groups (broad SMARTS) is 1. The monoisotopic (exact) mass is 431 g/mol. The highest BCUT2D eigenvalue weighted by molar-refractivity contribution is 5.94. The van der Waals surface area contributed by atoms with Crippen molar-refractivity contribution in [1.82, 2.24) is 9.88 Å². The Balaban J connectivity index is 1.41.